The van der Waals surface area contributed by atoms with Crippen LogP contribution in [-0.2, 0) is 12.8 Å². The number of nitrogens with one attached hydrogen (secondary N) is 1. The highest BCUT2D eigenvalue weighted by molar-refractivity contribution is 7.18. The summed E-state index contributed by atoms with van der Waals surface area (Å²) in [5, 5.41) is 4.69. The molecule has 0 bridgehead atoms. The van der Waals surface area contributed by atoms with Crippen molar-refractivity contribution < 1.29 is 0 Å². The van der Waals surface area contributed by atoms with Gasteiger partial charge in [-0.15, -0.1) is 11.3 Å². The van der Waals surface area contributed by atoms with Crippen molar-refractivity contribution in [1.29, 1.82) is 0 Å². The zero-order chi connectivity index (χ0) is 14.7. The predicted octanol–water partition coefficient (Wildman–Crippen LogP) is 3.96. The molecule has 0 unspecified atom stereocenters. The zero-order valence-electron chi connectivity index (χ0n) is 11.6. The number of rotatable bonds is 5. The SMILES string of the molecule is CCc1cc2c(NCCc3cccnc3)nc(Cl)nc2s1. The quantitative estimate of drug-likeness (QED) is 0.723. The Hall–Kier alpha value is -1.72. The molecule has 0 spiro atoms. The van der Waals surface area contributed by atoms with Gasteiger partial charge in [-0.1, -0.05) is 13.0 Å². The molecule has 3 aromatic rings. The van der Waals surface area contributed by atoms with Gasteiger partial charge in [0.05, 0.1) is 5.39 Å². The van der Waals surface area contributed by atoms with E-state index in [0.29, 0.717) is 0 Å². The van der Waals surface area contributed by atoms with Crippen LogP contribution in [0, 0.1) is 0 Å². The molecule has 0 fully saturated rings. The van der Waals surface area contributed by atoms with Crippen LogP contribution in [0.3, 0.4) is 0 Å². The van der Waals surface area contributed by atoms with E-state index in [9.17, 15) is 0 Å². The highest BCUT2D eigenvalue weighted by atomic mass is 35.5. The molecule has 1 N–H and O–H groups in total. The maximum atomic E-state index is 6.01. The van der Waals surface area contributed by atoms with Gasteiger partial charge in [-0.25, -0.2) is 9.97 Å². The number of nitrogens with zero attached hydrogens (tertiary/aromatic N) is 3. The zero-order valence-corrected chi connectivity index (χ0v) is 13.2. The summed E-state index contributed by atoms with van der Waals surface area (Å²) in [5.41, 5.74) is 1.20. The monoisotopic (exact) mass is 318 g/mol. The number of pyridine rings is 1. The van der Waals surface area contributed by atoms with Gasteiger partial charge in [0, 0.05) is 23.8 Å². The summed E-state index contributed by atoms with van der Waals surface area (Å²) in [4.78, 5) is 15.0. The number of halogens is 1. The number of aromatic nitrogens is 3. The molecule has 21 heavy (non-hydrogen) atoms. The minimum atomic E-state index is 0.288. The highest BCUT2D eigenvalue weighted by Crippen LogP contribution is 2.30. The van der Waals surface area contributed by atoms with Gasteiger partial charge >= 0.3 is 0 Å². The van der Waals surface area contributed by atoms with Gasteiger partial charge in [-0.3, -0.25) is 4.98 Å². The van der Waals surface area contributed by atoms with E-state index < -0.39 is 0 Å². The molecule has 3 heterocycles. The Morgan fingerprint density at radius 3 is 3.00 bits per heavy atom. The maximum Gasteiger partial charge on any atom is 0.225 e. The molecule has 0 aromatic carbocycles. The van der Waals surface area contributed by atoms with Crippen LogP contribution >= 0.6 is 22.9 Å². The number of thiophene rings is 1. The molecule has 0 amide bonds. The van der Waals surface area contributed by atoms with Gasteiger partial charge < -0.3 is 5.32 Å². The molecule has 0 aliphatic carbocycles. The number of hydrogen-bond acceptors (Lipinski definition) is 5. The van der Waals surface area contributed by atoms with Crippen molar-refractivity contribution in [2.75, 3.05) is 11.9 Å². The standard InChI is InChI=1S/C15H15ClN4S/c1-2-11-8-12-13(19-15(16)20-14(12)21-11)18-7-5-10-4-3-6-17-9-10/h3-4,6,8-9H,2,5,7H2,1H3,(H,18,19,20). The minimum Gasteiger partial charge on any atom is -0.369 e. The maximum absolute atomic E-state index is 6.01. The first-order chi connectivity index (χ1) is 10.3. The number of hydrogen-bond donors (Lipinski definition) is 1. The Balaban J connectivity index is 1.78. The van der Waals surface area contributed by atoms with Gasteiger partial charge in [0.2, 0.25) is 5.28 Å². The van der Waals surface area contributed by atoms with Crippen molar-refractivity contribution in [2.45, 2.75) is 19.8 Å². The van der Waals surface area contributed by atoms with Crippen LogP contribution in [0.2, 0.25) is 5.28 Å². The molecule has 3 aromatic heterocycles. The first-order valence-electron chi connectivity index (χ1n) is 6.85. The van der Waals surface area contributed by atoms with E-state index in [1.54, 1.807) is 17.5 Å². The molecule has 0 saturated heterocycles. The first-order valence-corrected chi connectivity index (χ1v) is 8.04. The average molecular weight is 319 g/mol. The molecular formula is C15H15ClN4S. The molecule has 0 atom stereocenters. The van der Waals surface area contributed by atoms with Gasteiger partial charge in [-0.05, 0) is 42.1 Å². The van der Waals surface area contributed by atoms with Crippen LogP contribution in [0.4, 0.5) is 5.82 Å². The molecule has 4 nitrogen and oxygen atoms in total. The fourth-order valence-corrected chi connectivity index (χ4v) is 3.31. The molecule has 6 heteroatoms. The third-order valence-electron chi connectivity index (χ3n) is 3.19. The van der Waals surface area contributed by atoms with Crippen LogP contribution in [0.5, 0.6) is 0 Å². The van der Waals surface area contributed by atoms with Crippen LogP contribution < -0.4 is 5.32 Å². The number of fused-ring (bicyclic) bond motifs is 1. The molecule has 0 aliphatic heterocycles. The lowest BCUT2D eigenvalue weighted by Crippen LogP contribution is -2.07. The fraction of sp³-hybridized carbons (Fsp3) is 0.267. The van der Waals surface area contributed by atoms with E-state index >= 15 is 0 Å². The van der Waals surface area contributed by atoms with Crippen molar-refractivity contribution in [1.82, 2.24) is 15.0 Å². The highest BCUT2D eigenvalue weighted by Gasteiger charge is 2.10. The number of aryl methyl sites for hydroxylation is 1. The van der Waals surface area contributed by atoms with Gasteiger partial charge in [-0.2, -0.15) is 0 Å². The summed E-state index contributed by atoms with van der Waals surface area (Å²) in [6, 6.07) is 6.15. The fourth-order valence-electron chi connectivity index (χ4n) is 2.13. The van der Waals surface area contributed by atoms with Crippen LogP contribution in [0.15, 0.2) is 30.6 Å². The van der Waals surface area contributed by atoms with E-state index in [2.05, 4.69) is 39.3 Å². The summed E-state index contributed by atoms with van der Waals surface area (Å²) < 4.78 is 0. The van der Waals surface area contributed by atoms with E-state index in [0.717, 1.165) is 35.4 Å². The van der Waals surface area contributed by atoms with Crippen molar-refractivity contribution in [3.63, 3.8) is 0 Å². The Morgan fingerprint density at radius 2 is 2.24 bits per heavy atom. The Labute approximate surface area is 132 Å². The minimum absolute atomic E-state index is 0.288. The van der Waals surface area contributed by atoms with Crippen LogP contribution in [0.25, 0.3) is 10.2 Å². The summed E-state index contributed by atoms with van der Waals surface area (Å²) in [7, 11) is 0. The van der Waals surface area contributed by atoms with Crippen LogP contribution in [0.1, 0.15) is 17.4 Å². The summed E-state index contributed by atoms with van der Waals surface area (Å²) in [5.74, 6) is 0.810. The number of anilines is 1. The van der Waals surface area contributed by atoms with E-state index in [1.807, 2.05) is 12.3 Å². The lowest BCUT2D eigenvalue weighted by atomic mass is 10.2. The normalized spacial score (nSPS) is 11.0. The predicted molar refractivity (Wildman–Crippen MR) is 88.2 cm³/mol. The van der Waals surface area contributed by atoms with E-state index in [1.165, 1.54) is 10.4 Å². The Kier molecular flexibility index (Phi) is 4.31. The Bertz CT molecular complexity index is 742. The van der Waals surface area contributed by atoms with Crippen molar-refractivity contribution >= 4 is 39.0 Å². The Morgan fingerprint density at radius 1 is 1.33 bits per heavy atom. The molecule has 0 aliphatic rings. The summed E-state index contributed by atoms with van der Waals surface area (Å²) >= 11 is 7.68. The second-order valence-electron chi connectivity index (χ2n) is 4.66. The van der Waals surface area contributed by atoms with Gasteiger partial charge in [0.15, 0.2) is 0 Å². The third kappa shape index (κ3) is 3.31. The largest absolute Gasteiger partial charge is 0.369 e. The van der Waals surface area contributed by atoms with Gasteiger partial charge in [0.1, 0.15) is 10.6 Å². The second kappa shape index (κ2) is 6.37. The topological polar surface area (TPSA) is 50.7 Å². The van der Waals surface area contributed by atoms with Gasteiger partial charge in [0.25, 0.3) is 0 Å². The lowest BCUT2D eigenvalue weighted by Gasteiger charge is -2.06. The third-order valence-corrected chi connectivity index (χ3v) is 4.54. The summed E-state index contributed by atoms with van der Waals surface area (Å²) in [6.45, 7) is 2.92. The van der Waals surface area contributed by atoms with Crippen molar-refractivity contribution in [3.05, 3.63) is 46.3 Å². The molecule has 108 valence electrons. The molecular weight excluding hydrogens is 304 g/mol. The van der Waals surface area contributed by atoms with Crippen molar-refractivity contribution in [3.8, 4) is 0 Å². The molecule has 0 radical (unpaired) electrons. The van der Waals surface area contributed by atoms with Crippen LogP contribution in [-0.4, -0.2) is 21.5 Å². The second-order valence-corrected chi connectivity index (χ2v) is 6.12. The lowest BCUT2D eigenvalue weighted by molar-refractivity contribution is 0.994. The van der Waals surface area contributed by atoms with Crippen molar-refractivity contribution in [2.24, 2.45) is 0 Å². The molecule has 0 saturated carbocycles. The average Bonchev–Trinajstić information content (AvgIpc) is 2.91. The van der Waals surface area contributed by atoms with E-state index in [-0.39, 0.29) is 5.28 Å². The van der Waals surface area contributed by atoms with E-state index in [4.69, 9.17) is 11.6 Å². The smallest absolute Gasteiger partial charge is 0.225 e. The molecule has 3 rings (SSSR count). The summed E-state index contributed by atoms with van der Waals surface area (Å²) in [6.07, 6.45) is 5.54. The first kappa shape index (κ1) is 14.2.